The van der Waals surface area contributed by atoms with E-state index in [1.165, 1.54) is 0 Å². The molecule has 24 heavy (non-hydrogen) atoms. The molecule has 0 unspecified atom stereocenters. The van der Waals surface area contributed by atoms with Crippen LogP contribution in [0.3, 0.4) is 0 Å². The number of aromatic nitrogens is 1. The van der Waals surface area contributed by atoms with Gasteiger partial charge in [0.05, 0.1) is 11.6 Å². The highest BCUT2D eigenvalue weighted by molar-refractivity contribution is 6.02. The van der Waals surface area contributed by atoms with Gasteiger partial charge in [-0.25, -0.2) is 4.79 Å². The van der Waals surface area contributed by atoms with Gasteiger partial charge >= 0.3 is 6.09 Å². The smallest absolute Gasteiger partial charge is 0.410 e. The third-order valence-corrected chi connectivity index (χ3v) is 4.06. The van der Waals surface area contributed by atoms with E-state index in [9.17, 15) is 9.59 Å². The highest BCUT2D eigenvalue weighted by Crippen LogP contribution is 2.25. The van der Waals surface area contributed by atoms with E-state index in [1.807, 2.05) is 51.2 Å². The van der Waals surface area contributed by atoms with Crippen molar-refractivity contribution in [3.63, 3.8) is 0 Å². The molecular weight excluding hydrogens is 306 g/mol. The average molecular weight is 329 g/mol. The fraction of sp³-hybridized carbons (Fsp3) is 0.444. The summed E-state index contributed by atoms with van der Waals surface area (Å²) in [5, 5.41) is 3.96. The molecular formula is C18H23N3O3. The Morgan fingerprint density at radius 2 is 2.08 bits per heavy atom. The average Bonchev–Trinajstić information content (AvgIpc) is 3.15. The van der Waals surface area contributed by atoms with Crippen LogP contribution >= 0.6 is 0 Å². The zero-order valence-electron chi connectivity index (χ0n) is 14.3. The predicted octanol–water partition coefficient (Wildman–Crippen LogP) is 3.36. The maximum atomic E-state index is 12.5. The molecule has 6 heteroatoms. The molecule has 128 valence electrons. The van der Waals surface area contributed by atoms with Crippen LogP contribution in [0, 0.1) is 5.92 Å². The third-order valence-electron chi connectivity index (χ3n) is 4.06. The zero-order chi connectivity index (χ0) is 17.3. The first kappa shape index (κ1) is 16.4. The number of amides is 2. The van der Waals surface area contributed by atoms with Crippen LogP contribution in [0.5, 0.6) is 0 Å². The van der Waals surface area contributed by atoms with Gasteiger partial charge in [0.2, 0.25) is 5.91 Å². The van der Waals surface area contributed by atoms with Crippen molar-refractivity contribution in [3.8, 4) is 0 Å². The van der Waals surface area contributed by atoms with Crippen LogP contribution in [0.15, 0.2) is 30.5 Å². The van der Waals surface area contributed by atoms with Crippen molar-refractivity contribution in [1.82, 2.24) is 9.88 Å². The lowest BCUT2D eigenvalue weighted by Crippen LogP contribution is -2.36. The minimum Gasteiger partial charge on any atom is -0.444 e. The number of H-pyrrole nitrogens is 1. The molecule has 2 aromatic rings. The van der Waals surface area contributed by atoms with Gasteiger partial charge in [0.1, 0.15) is 5.60 Å². The molecule has 0 radical (unpaired) electrons. The van der Waals surface area contributed by atoms with Gasteiger partial charge in [0.25, 0.3) is 0 Å². The molecule has 0 saturated carbocycles. The van der Waals surface area contributed by atoms with Crippen molar-refractivity contribution in [2.24, 2.45) is 5.92 Å². The monoisotopic (exact) mass is 329 g/mol. The van der Waals surface area contributed by atoms with Gasteiger partial charge in [-0.1, -0.05) is 6.07 Å². The minimum absolute atomic E-state index is 0.0604. The van der Waals surface area contributed by atoms with E-state index in [0.717, 1.165) is 16.6 Å². The maximum Gasteiger partial charge on any atom is 0.410 e. The molecule has 1 fully saturated rings. The van der Waals surface area contributed by atoms with Crippen LogP contribution in [0.1, 0.15) is 27.2 Å². The fourth-order valence-corrected chi connectivity index (χ4v) is 2.90. The molecule has 1 aliphatic heterocycles. The normalized spacial score (nSPS) is 18.0. The Morgan fingerprint density at radius 1 is 1.29 bits per heavy atom. The Kier molecular flexibility index (Phi) is 4.22. The molecule has 2 N–H and O–H groups in total. The first-order valence-electron chi connectivity index (χ1n) is 8.18. The molecule has 6 nitrogen and oxygen atoms in total. The van der Waals surface area contributed by atoms with E-state index in [4.69, 9.17) is 4.74 Å². The Balaban J connectivity index is 1.63. The summed E-state index contributed by atoms with van der Waals surface area (Å²) >= 11 is 0. The zero-order valence-corrected chi connectivity index (χ0v) is 14.3. The van der Waals surface area contributed by atoms with Crippen molar-refractivity contribution < 1.29 is 14.3 Å². The van der Waals surface area contributed by atoms with E-state index in [-0.39, 0.29) is 17.9 Å². The van der Waals surface area contributed by atoms with Crippen LogP contribution in [-0.4, -0.2) is 40.6 Å². The second-order valence-electron chi connectivity index (χ2n) is 7.15. The van der Waals surface area contributed by atoms with Crippen LogP contribution in [0.2, 0.25) is 0 Å². The summed E-state index contributed by atoms with van der Waals surface area (Å²) in [6.45, 7) is 6.44. The molecule has 3 rings (SSSR count). The quantitative estimate of drug-likeness (QED) is 0.887. The number of ether oxygens (including phenoxy) is 1. The number of hydrogen-bond donors (Lipinski definition) is 2. The molecule has 2 amide bonds. The summed E-state index contributed by atoms with van der Waals surface area (Å²) in [5.74, 6) is -0.276. The van der Waals surface area contributed by atoms with E-state index < -0.39 is 5.60 Å². The van der Waals surface area contributed by atoms with E-state index in [1.54, 1.807) is 4.90 Å². The van der Waals surface area contributed by atoms with E-state index in [0.29, 0.717) is 19.5 Å². The van der Waals surface area contributed by atoms with Crippen LogP contribution < -0.4 is 5.32 Å². The number of carbonyl (C=O) groups excluding carboxylic acids is 2. The summed E-state index contributed by atoms with van der Waals surface area (Å²) in [5.41, 5.74) is 1.24. The number of carbonyl (C=O) groups is 2. The van der Waals surface area contributed by atoms with E-state index >= 15 is 0 Å². The largest absolute Gasteiger partial charge is 0.444 e. The summed E-state index contributed by atoms with van der Waals surface area (Å²) in [6.07, 6.45) is 2.14. The Morgan fingerprint density at radius 3 is 2.83 bits per heavy atom. The second kappa shape index (κ2) is 6.19. The van der Waals surface area contributed by atoms with Crippen molar-refractivity contribution in [2.75, 3.05) is 18.4 Å². The molecule has 1 atom stereocenters. The number of fused-ring (bicyclic) bond motifs is 1. The summed E-state index contributed by atoms with van der Waals surface area (Å²) < 4.78 is 5.37. The van der Waals surface area contributed by atoms with Gasteiger partial charge < -0.3 is 19.9 Å². The van der Waals surface area contributed by atoms with Gasteiger partial charge in [-0.3, -0.25) is 4.79 Å². The van der Waals surface area contributed by atoms with Gasteiger partial charge in [-0.15, -0.1) is 0 Å². The van der Waals surface area contributed by atoms with Crippen molar-refractivity contribution in [1.29, 1.82) is 0 Å². The fourth-order valence-electron chi connectivity index (χ4n) is 2.90. The van der Waals surface area contributed by atoms with Crippen molar-refractivity contribution in [3.05, 3.63) is 30.5 Å². The van der Waals surface area contributed by atoms with Crippen LogP contribution in [0.25, 0.3) is 10.9 Å². The topological polar surface area (TPSA) is 74.4 Å². The summed E-state index contributed by atoms with van der Waals surface area (Å²) in [6, 6.07) is 7.68. The number of aromatic amines is 1. The molecule has 1 aromatic heterocycles. The highest BCUT2D eigenvalue weighted by atomic mass is 16.6. The number of nitrogens with zero attached hydrogens (tertiary/aromatic N) is 1. The number of anilines is 1. The minimum atomic E-state index is -0.526. The molecule has 0 spiro atoms. The SMILES string of the molecule is CC(C)(C)OC(=O)N1CC[C@H](C(=O)Nc2cccc3[nH]ccc23)C1. The first-order chi connectivity index (χ1) is 11.3. The summed E-state index contributed by atoms with van der Waals surface area (Å²) in [4.78, 5) is 29.4. The molecule has 2 heterocycles. The molecule has 1 saturated heterocycles. The molecule has 1 aliphatic rings. The number of nitrogens with one attached hydrogen (secondary N) is 2. The number of rotatable bonds is 2. The lowest BCUT2D eigenvalue weighted by molar-refractivity contribution is -0.119. The van der Waals surface area contributed by atoms with Gasteiger partial charge in [-0.2, -0.15) is 0 Å². The second-order valence-corrected chi connectivity index (χ2v) is 7.15. The molecule has 0 bridgehead atoms. The Labute approximate surface area is 141 Å². The van der Waals surface area contributed by atoms with Gasteiger partial charge in [0.15, 0.2) is 0 Å². The summed E-state index contributed by atoms with van der Waals surface area (Å²) in [7, 11) is 0. The van der Waals surface area contributed by atoms with Gasteiger partial charge in [-0.05, 0) is 45.4 Å². The lowest BCUT2D eigenvalue weighted by Gasteiger charge is -2.24. The lowest BCUT2D eigenvalue weighted by atomic mass is 10.1. The number of likely N-dealkylation sites (tertiary alicyclic amines) is 1. The molecule has 1 aromatic carbocycles. The molecule has 0 aliphatic carbocycles. The van der Waals surface area contributed by atoms with Crippen molar-refractivity contribution >= 4 is 28.6 Å². The Bertz CT molecular complexity index is 760. The van der Waals surface area contributed by atoms with Crippen LogP contribution in [-0.2, 0) is 9.53 Å². The third kappa shape index (κ3) is 3.53. The van der Waals surface area contributed by atoms with E-state index in [2.05, 4.69) is 10.3 Å². The van der Waals surface area contributed by atoms with Gasteiger partial charge in [0, 0.05) is 30.2 Å². The highest BCUT2D eigenvalue weighted by Gasteiger charge is 2.33. The maximum absolute atomic E-state index is 12.5. The first-order valence-corrected chi connectivity index (χ1v) is 8.18. The van der Waals surface area contributed by atoms with Crippen LogP contribution in [0.4, 0.5) is 10.5 Å². The number of hydrogen-bond acceptors (Lipinski definition) is 3. The predicted molar refractivity (Wildman–Crippen MR) is 92.8 cm³/mol. The van der Waals surface area contributed by atoms with Crippen molar-refractivity contribution in [2.45, 2.75) is 32.8 Å². The Hall–Kier alpha value is -2.50. The standard InChI is InChI=1S/C18H23N3O3/c1-18(2,3)24-17(23)21-10-8-12(11-21)16(22)20-15-6-4-5-14-13(15)7-9-19-14/h4-7,9,12,19H,8,10-11H2,1-3H3,(H,20,22)/t12-/m0/s1. The number of benzene rings is 1.